The minimum Gasteiger partial charge on any atom is -0.388 e. The number of morpholine rings is 1. The number of carbonyl (C=O) groups is 1. The van der Waals surface area contributed by atoms with Gasteiger partial charge in [0, 0.05) is 32.1 Å². The van der Waals surface area contributed by atoms with E-state index in [0.717, 1.165) is 24.5 Å². The van der Waals surface area contributed by atoms with Crippen LogP contribution in [0.3, 0.4) is 0 Å². The first-order valence-corrected chi connectivity index (χ1v) is 10.2. The molecule has 2 aromatic rings. The number of urea groups is 1. The van der Waals surface area contributed by atoms with Gasteiger partial charge >= 0.3 is 6.03 Å². The molecule has 3 N–H and O–H groups in total. The molecule has 162 valence electrons. The summed E-state index contributed by atoms with van der Waals surface area (Å²) in [6.45, 7) is 4.03. The molecule has 0 radical (unpaired) electrons. The molecule has 2 amide bonds. The highest BCUT2D eigenvalue weighted by atomic mass is 16.5. The molecule has 2 unspecified atom stereocenters. The topological polar surface area (TPSA) is 90.0 Å². The largest absolute Gasteiger partial charge is 0.388 e. The maximum absolute atomic E-state index is 12.4. The molecule has 1 aromatic carbocycles. The van der Waals surface area contributed by atoms with Gasteiger partial charge in [0.1, 0.15) is 5.82 Å². The lowest BCUT2D eigenvalue weighted by molar-refractivity contribution is 0.0911. The van der Waals surface area contributed by atoms with E-state index in [4.69, 9.17) is 4.74 Å². The number of carbonyl (C=O) groups excluding carboxylic acids is 1. The number of hydrogen-bond donors (Lipinski definition) is 3. The van der Waals surface area contributed by atoms with Gasteiger partial charge in [0.25, 0.3) is 0 Å². The Labute approximate surface area is 177 Å². The van der Waals surface area contributed by atoms with Crippen molar-refractivity contribution in [3.05, 3.63) is 54.2 Å². The van der Waals surface area contributed by atoms with E-state index in [1.807, 2.05) is 61.5 Å². The second kappa shape index (κ2) is 10.9. The average Bonchev–Trinajstić information content (AvgIpc) is 2.77. The van der Waals surface area contributed by atoms with E-state index in [9.17, 15) is 9.90 Å². The third-order valence-electron chi connectivity index (χ3n) is 5.05. The molecule has 0 spiro atoms. The first kappa shape index (κ1) is 22.0. The zero-order valence-electron chi connectivity index (χ0n) is 17.6. The lowest BCUT2D eigenvalue weighted by atomic mass is 9.95. The second-order valence-electron chi connectivity index (χ2n) is 7.72. The molecule has 8 heteroatoms. The number of anilines is 2. The Morgan fingerprint density at radius 2 is 1.93 bits per heavy atom. The van der Waals surface area contributed by atoms with Crippen LogP contribution >= 0.6 is 0 Å². The molecule has 0 bridgehead atoms. The summed E-state index contributed by atoms with van der Waals surface area (Å²) in [7, 11) is 3.90. The summed E-state index contributed by atoms with van der Waals surface area (Å²) < 4.78 is 5.36. The van der Waals surface area contributed by atoms with E-state index in [0.29, 0.717) is 32.0 Å². The monoisotopic (exact) mass is 413 g/mol. The van der Waals surface area contributed by atoms with Gasteiger partial charge in [-0.2, -0.15) is 0 Å². The molecule has 1 aromatic heterocycles. The third kappa shape index (κ3) is 6.41. The van der Waals surface area contributed by atoms with Crippen LogP contribution in [0.4, 0.5) is 16.3 Å². The number of ether oxygens (including phenoxy) is 1. The van der Waals surface area contributed by atoms with Gasteiger partial charge in [0.15, 0.2) is 0 Å². The van der Waals surface area contributed by atoms with Crippen LogP contribution in [0.1, 0.15) is 11.7 Å². The minimum atomic E-state index is -0.664. The predicted molar refractivity (Wildman–Crippen MR) is 118 cm³/mol. The highest BCUT2D eigenvalue weighted by Gasteiger charge is 2.22. The van der Waals surface area contributed by atoms with Crippen molar-refractivity contribution in [1.29, 1.82) is 0 Å². The minimum absolute atomic E-state index is 0.144. The fourth-order valence-corrected chi connectivity index (χ4v) is 3.51. The summed E-state index contributed by atoms with van der Waals surface area (Å²) in [5, 5.41) is 16.4. The van der Waals surface area contributed by atoms with Gasteiger partial charge in [-0.05, 0) is 31.8 Å². The van der Waals surface area contributed by atoms with Crippen LogP contribution in [0.25, 0.3) is 0 Å². The summed E-state index contributed by atoms with van der Waals surface area (Å²) >= 11 is 0. The van der Waals surface area contributed by atoms with Crippen molar-refractivity contribution >= 4 is 17.5 Å². The molecule has 2 atom stereocenters. The Morgan fingerprint density at radius 3 is 2.57 bits per heavy atom. The van der Waals surface area contributed by atoms with Crippen LogP contribution < -0.4 is 15.5 Å². The first-order chi connectivity index (χ1) is 14.5. The van der Waals surface area contributed by atoms with Crippen molar-refractivity contribution in [3.63, 3.8) is 0 Å². The Balaban J connectivity index is 1.53. The highest BCUT2D eigenvalue weighted by molar-refractivity contribution is 5.89. The summed E-state index contributed by atoms with van der Waals surface area (Å²) in [4.78, 5) is 21.0. The molecule has 8 nitrogen and oxygen atoms in total. The van der Waals surface area contributed by atoms with E-state index < -0.39 is 6.10 Å². The van der Waals surface area contributed by atoms with Crippen LogP contribution in [-0.2, 0) is 4.74 Å². The van der Waals surface area contributed by atoms with Crippen molar-refractivity contribution in [2.75, 3.05) is 63.7 Å². The molecule has 1 aliphatic rings. The maximum Gasteiger partial charge on any atom is 0.319 e. The van der Waals surface area contributed by atoms with Gasteiger partial charge in [-0.25, -0.2) is 9.78 Å². The number of rotatable bonds is 8. The summed E-state index contributed by atoms with van der Waals surface area (Å²) in [5.41, 5.74) is 1.46. The highest BCUT2D eigenvalue weighted by Crippen LogP contribution is 2.22. The zero-order valence-corrected chi connectivity index (χ0v) is 17.6. The Morgan fingerprint density at radius 1 is 1.20 bits per heavy atom. The lowest BCUT2D eigenvalue weighted by Gasteiger charge is -2.28. The van der Waals surface area contributed by atoms with Crippen molar-refractivity contribution in [2.45, 2.75) is 6.10 Å². The molecule has 1 saturated heterocycles. The predicted octanol–water partition coefficient (Wildman–Crippen LogP) is 1.95. The maximum atomic E-state index is 12.4. The number of hydrogen-bond acceptors (Lipinski definition) is 6. The summed E-state index contributed by atoms with van der Waals surface area (Å²) in [6, 6.07) is 12.9. The van der Waals surface area contributed by atoms with E-state index >= 15 is 0 Å². The second-order valence-corrected chi connectivity index (χ2v) is 7.72. The summed E-state index contributed by atoms with van der Waals surface area (Å²) in [5.74, 6) is 0.733. The van der Waals surface area contributed by atoms with E-state index in [1.165, 1.54) is 0 Å². The van der Waals surface area contributed by atoms with Gasteiger partial charge in [0.05, 0.1) is 31.2 Å². The lowest BCUT2D eigenvalue weighted by Crippen LogP contribution is -2.39. The SMILES string of the molecule is CN(C)CC(CNC(=O)Nc1ccc(N2CCOCC2)nc1)C(O)c1ccccc1. The molecule has 1 aliphatic heterocycles. The average molecular weight is 414 g/mol. The van der Waals surface area contributed by atoms with Gasteiger partial charge in [-0.1, -0.05) is 30.3 Å². The number of pyridine rings is 1. The third-order valence-corrected chi connectivity index (χ3v) is 5.05. The van der Waals surface area contributed by atoms with Crippen LogP contribution in [0.5, 0.6) is 0 Å². The van der Waals surface area contributed by atoms with E-state index in [-0.39, 0.29) is 11.9 Å². The van der Waals surface area contributed by atoms with Gasteiger partial charge in [0.2, 0.25) is 0 Å². The fraction of sp³-hybridized carbons (Fsp3) is 0.455. The normalized spacial score (nSPS) is 16.2. The van der Waals surface area contributed by atoms with Crippen LogP contribution in [0.2, 0.25) is 0 Å². The Kier molecular flexibility index (Phi) is 8.01. The fourth-order valence-electron chi connectivity index (χ4n) is 3.51. The molecular weight excluding hydrogens is 382 g/mol. The quantitative estimate of drug-likeness (QED) is 0.613. The van der Waals surface area contributed by atoms with Crippen molar-refractivity contribution in [3.8, 4) is 0 Å². The molecule has 0 aliphatic carbocycles. The molecular formula is C22H31N5O3. The molecule has 1 fully saturated rings. The van der Waals surface area contributed by atoms with Crippen molar-refractivity contribution < 1.29 is 14.6 Å². The summed E-state index contributed by atoms with van der Waals surface area (Å²) in [6.07, 6.45) is 0.990. The number of aromatic nitrogens is 1. The molecule has 3 rings (SSSR count). The zero-order chi connectivity index (χ0) is 21.3. The number of aliphatic hydroxyl groups excluding tert-OH is 1. The van der Waals surface area contributed by atoms with Crippen LogP contribution in [-0.4, -0.2) is 74.5 Å². The van der Waals surface area contributed by atoms with Gasteiger partial charge in [-0.3, -0.25) is 0 Å². The number of benzene rings is 1. The van der Waals surface area contributed by atoms with E-state index in [1.54, 1.807) is 6.20 Å². The Bertz CT molecular complexity index is 779. The van der Waals surface area contributed by atoms with Crippen LogP contribution in [0.15, 0.2) is 48.7 Å². The molecule has 0 saturated carbocycles. The number of nitrogens with zero attached hydrogens (tertiary/aromatic N) is 3. The van der Waals surface area contributed by atoms with Crippen molar-refractivity contribution in [1.82, 2.24) is 15.2 Å². The van der Waals surface area contributed by atoms with E-state index in [2.05, 4.69) is 20.5 Å². The number of nitrogens with one attached hydrogen (secondary N) is 2. The number of aliphatic hydroxyl groups is 1. The molecule has 2 heterocycles. The molecule has 30 heavy (non-hydrogen) atoms. The van der Waals surface area contributed by atoms with Gasteiger partial charge < -0.3 is 30.3 Å². The number of amides is 2. The Hall–Kier alpha value is -2.68. The smallest absolute Gasteiger partial charge is 0.319 e. The van der Waals surface area contributed by atoms with Crippen LogP contribution in [0, 0.1) is 5.92 Å². The van der Waals surface area contributed by atoms with Gasteiger partial charge in [-0.15, -0.1) is 0 Å². The standard InChI is InChI=1S/C22H31N5O3/c1-26(2)16-18(21(28)17-6-4-3-5-7-17)14-24-22(29)25-19-8-9-20(23-15-19)27-10-12-30-13-11-27/h3-9,15,18,21,28H,10-14,16H2,1-2H3,(H2,24,25,29). The first-order valence-electron chi connectivity index (χ1n) is 10.2. The van der Waals surface area contributed by atoms with Crippen molar-refractivity contribution in [2.24, 2.45) is 5.92 Å².